The lowest BCUT2D eigenvalue weighted by Crippen LogP contribution is -2.12. The summed E-state index contributed by atoms with van der Waals surface area (Å²) >= 11 is 0. The van der Waals surface area contributed by atoms with Gasteiger partial charge in [0.25, 0.3) is 0 Å². The maximum atomic E-state index is 10.2. The molecule has 0 bridgehead atoms. The molecule has 0 radical (unpaired) electrons. The van der Waals surface area contributed by atoms with Gasteiger partial charge in [-0.05, 0) is 6.42 Å². The molecular formula is C12H22N2O. The van der Waals surface area contributed by atoms with Crippen LogP contribution in [0.15, 0.2) is 0 Å². The third-order valence-corrected chi connectivity index (χ3v) is 2.86. The molecule has 1 rings (SSSR count). The SMILES string of the molecule is CCC(C)c1c(O)c(C(C)(C)C)nn1C. The Bertz CT molecular complexity index is 347. The highest BCUT2D eigenvalue weighted by Gasteiger charge is 2.27. The highest BCUT2D eigenvalue weighted by Crippen LogP contribution is 2.36. The lowest BCUT2D eigenvalue weighted by atomic mass is 9.90. The van der Waals surface area contributed by atoms with Gasteiger partial charge in [-0.3, -0.25) is 4.68 Å². The van der Waals surface area contributed by atoms with Gasteiger partial charge in [0.15, 0.2) is 5.75 Å². The van der Waals surface area contributed by atoms with E-state index in [1.165, 1.54) is 0 Å². The molecule has 0 aliphatic heterocycles. The van der Waals surface area contributed by atoms with Crippen LogP contribution in [0.1, 0.15) is 58.3 Å². The summed E-state index contributed by atoms with van der Waals surface area (Å²) in [6, 6.07) is 0. The highest BCUT2D eigenvalue weighted by molar-refractivity contribution is 5.38. The summed E-state index contributed by atoms with van der Waals surface area (Å²) in [5.41, 5.74) is 1.64. The smallest absolute Gasteiger partial charge is 0.160 e. The largest absolute Gasteiger partial charge is 0.504 e. The summed E-state index contributed by atoms with van der Waals surface area (Å²) < 4.78 is 1.81. The van der Waals surface area contributed by atoms with Gasteiger partial charge in [0, 0.05) is 18.4 Å². The third-order valence-electron chi connectivity index (χ3n) is 2.86. The molecular weight excluding hydrogens is 188 g/mol. The van der Waals surface area contributed by atoms with Crippen molar-refractivity contribution in [3.05, 3.63) is 11.4 Å². The van der Waals surface area contributed by atoms with E-state index < -0.39 is 0 Å². The van der Waals surface area contributed by atoms with Crippen LogP contribution < -0.4 is 0 Å². The Kier molecular flexibility index (Phi) is 3.12. The standard InChI is InChI=1S/C12H22N2O/c1-7-8(2)9-10(15)11(12(3,4)5)13-14(9)6/h8,15H,7H2,1-6H3. The van der Waals surface area contributed by atoms with E-state index in [9.17, 15) is 5.11 Å². The predicted molar refractivity (Wildman–Crippen MR) is 62.3 cm³/mol. The average molecular weight is 210 g/mol. The van der Waals surface area contributed by atoms with Gasteiger partial charge in [-0.2, -0.15) is 5.10 Å². The minimum atomic E-state index is -0.104. The first-order valence-electron chi connectivity index (χ1n) is 5.55. The van der Waals surface area contributed by atoms with Crippen LogP contribution in [-0.2, 0) is 12.5 Å². The molecule has 0 saturated carbocycles. The topological polar surface area (TPSA) is 38.1 Å². The summed E-state index contributed by atoms with van der Waals surface area (Å²) in [5.74, 6) is 0.720. The third kappa shape index (κ3) is 2.16. The molecule has 0 saturated heterocycles. The fraction of sp³-hybridized carbons (Fsp3) is 0.750. The van der Waals surface area contributed by atoms with E-state index in [-0.39, 0.29) is 5.41 Å². The number of hydrogen-bond acceptors (Lipinski definition) is 2. The van der Waals surface area contributed by atoms with Crippen LogP contribution in [0, 0.1) is 0 Å². The van der Waals surface area contributed by atoms with Crippen LogP contribution >= 0.6 is 0 Å². The first kappa shape index (κ1) is 12.1. The van der Waals surface area contributed by atoms with Crippen molar-refractivity contribution in [2.24, 2.45) is 7.05 Å². The molecule has 3 heteroatoms. The average Bonchev–Trinajstić information content (AvgIpc) is 2.40. The molecule has 86 valence electrons. The van der Waals surface area contributed by atoms with Crippen molar-refractivity contribution in [1.82, 2.24) is 9.78 Å². The van der Waals surface area contributed by atoms with Crippen molar-refractivity contribution in [2.45, 2.75) is 52.4 Å². The van der Waals surface area contributed by atoms with Crippen LogP contribution in [-0.4, -0.2) is 14.9 Å². The molecule has 0 amide bonds. The van der Waals surface area contributed by atoms with E-state index in [4.69, 9.17) is 0 Å². The quantitative estimate of drug-likeness (QED) is 0.815. The van der Waals surface area contributed by atoms with Crippen LogP contribution in [0.2, 0.25) is 0 Å². The molecule has 1 heterocycles. The molecule has 1 aromatic rings. The Labute approximate surface area is 92.1 Å². The lowest BCUT2D eigenvalue weighted by molar-refractivity contribution is 0.434. The van der Waals surface area contributed by atoms with E-state index in [1.807, 2.05) is 11.7 Å². The fourth-order valence-electron chi connectivity index (χ4n) is 1.78. The van der Waals surface area contributed by atoms with E-state index in [0.29, 0.717) is 11.7 Å². The Morgan fingerprint density at radius 2 is 1.93 bits per heavy atom. The summed E-state index contributed by atoms with van der Waals surface area (Å²) in [4.78, 5) is 0. The predicted octanol–water partition coefficient (Wildman–Crippen LogP) is 2.94. The fourth-order valence-corrected chi connectivity index (χ4v) is 1.78. The highest BCUT2D eigenvalue weighted by atomic mass is 16.3. The van der Waals surface area contributed by atoms with Gasteiger partial charge in [0.05, 0.1) is 5.69 Å². The van der Waals surface area contributed by atoms with Gasteiger partial charge in [0.2, 0.25) is 0 Å². The number of hydrogen-bond donors (Lipinski definition) is 1. The normalized spacial score (nSPS) is 14.3. The van der Waals surface area contributed by atoms with Crippen LogP contribution in [0.4, 0.5) is 0 Å². The van der Waals surface area contributed by atoms with E-state index in [1.54, 1.807) is 0 Å². The molecule has 1 N–H and O–H groups in total. The van der Waals surface area contributed by atoms with Crippen molar-refractivity contribution in [3.63, 3.8) is 0 Å². The van der Waals surface area contributed by atoms with Crippen molar-refractivity contribution in [1.29, 1.82) is 0 Å². The van der Waals surface area contributed by atoms with Crippen molar-refractivity contribution in [2.75, 3.05) is 0 Å². The molecule has 0 fully saturated rings. The number of aromatic nitrogens is 2. The van der Waals surface area contributed by atoms with Crippen molar-refractivity contribution >= 4 is 0 Å². The first-order valence-corrected chi connectivity index (χ1v) is 5.55. The second-order valence-corrected chi connectivity index (χ2v) is 5.27. The Morgan fingerprint density at radius 3 is 2.27 bits per heavy atom. The zero-order chi connectivity index (χ0) is 11.8. The molecule has 1 aromatic heterocycles. The van der Waals surface area contributed by atoms with E-state index in [0.717, 1.165) is 17.8 Å². The molecule has 3 nitrogen and oxygen atoms in total. The monoisotopic (exact) mass is 210 g/mol. The van der Waals surface area contributed by atoms with Gasteiger partial charge < -0.3 is 5.11 Å². The van der Waals surface area contributed by atoms with Crippen LogP contribution in [0.5, 0.6) is 5.75 Å². The first-order chi connectivity index (χ1) is 6.79. The Morgan fingerprint density at radius 1 is 1.40 bits per heavy atom. The molecule has 1 unspecified atom stereocenters. The number of aromatic hydroxyl groups is 1. The van der Waals surface area contributed by atoms with E-state index in [2.05, 4.69) is 39.7 Å². The summed E-state index contributed by atoms with van der Waals surface area (Å²) in [6.07, 6.45) is 1.01. The van der Waals surface area contributed by atoms with E-state index >= 15 is 0 Å². The number of aryl methyl sites for hydroxylation is 1. The molecule has 0 aromatic carbocycles. The molecule has 1 atom stereocenters. The zero-order valence-electron chi connectivity index (χ0n) is 10.6. The van der Waals surface area contributed by atoms with Crippen molar-refractivity contribution < 1.29 is 5.11 Å². The molecule has 0 aliphatic carbocycles. The van der Waals surface area contributed by atoms with Gasteiger partial charge >= 0.3 is 0 Å². The number of nitrogens with zero attached hydrogens (tertiary/aromatic N) is 2. The van der Waals surface area contributed by atoms with Gasteiger partial charge in [-0.15, -0.1) is 0 Å². The second kappa shape index (κ2) is 3.87. The van der Waals surface area contributed by atoms with Crippen molar-refractivity contribution in [3.8, 4) is 5.75 Å². The summed E-state index contributed by atoms with van der Waals surface area (Å²) in [6.45, 7) is 10.4. The molecule has 0 aliphatic rings. The van der Waals surface area contributed by atoms with Gasteiger partial charge in [-0.25, -0.2) is 0 Å². The van der Waals surface area contributed by atoms with Gasteiger partial charge in [-0.1, -0.05) is 34.6 Å². The second-order valence-electron chi connectivity index (χ2n) is 5.27. The minimum Gasteiger partial charge on any atom is -0.504 e. The maximum Gasteiger partial charge on any atom is 0.160 e. The minimum absolute atomic E-state index is 0.104. The van der Waals surface area contributed by atoms with Crippen LogP contribution in [0.3, 0.4) is 0 Å². The van der Waals surface area contributed by atoms with Gasteiger partial charge in [0.1, 0.15) is 5.69 Å². The maximum absolute atomic E-state index is 10.2. The van der Waals surface area contributed by atoms with Crippen LogP contribution in [0.25, 0.3) is 0 Å². The number of rotatable bonds is 2. The zero-order valence-corrected chi connectivity index (χ0v) is 10.6. The lowest BCUT2D eigenvalue weighted by Gasteiger charge is -2.15. The summed E-state index contributed by atoms with van der Waals surface area (Å²) in [5, 5.41) is 14.6. The Hall–Kier alpha value is -0.990. The molecule has 15 heavy (non-hydrogen) atoms. The Balaban J connectivity index is 3.27. The molecule has 0 spiro atoms. The summed E-state index contributed by atoms with van der Waals surface area (Å²) in [7, 11) is 1.90.